The van der Waals surface area contributed by atoms with Gasteiger partial charge in [-0.1, -0.05) is 0 Å². The molecule has 0 radical (unpaired) electrons. The number of rotatable bonds is 1. The fourth-order valence-corrected chi connectivity index (χ4v) is 1.66. The Morgan fingerprint density at radius 3 is 2.57 bits per heavy atom. The van der Waals surface area contributed by atoms with Gasteiger partial charge in [-0.25, -0.2) is 15.0 Å². The van der Waals surface area contributed by atoms with Crippen molar-refractivity contribution in [2.75, 3.05) is 0 Å². The van der Waals surface area contributed by atoms with E-state index in [9.17, 15) is 0 Å². The molecular formula is C9H9BrN4. The van der Waals surface area contributed by atoms with Gasteiger partial charge in [-0.3, -0.25) is 4.57 Å². The lowest BCUT2D eigenvalue weighted by atomic mass is 10.4. The number of imidazole rings is 1. The zero-order chi connectivity index (χ0) is 10.1. The van der Waals surface area contributed by atoms with Crippen molar-refractivity contribution >= 4 is 15.9 Å². The van der Waals surface area contributed by atoms with Crippen LogP contribution in [0.4, 0.5) is 0 Å². The van der Waals surface area contributed by atoms with Crippen LogP contribution in [0.2, 0.25) is 0 Å². The summed E-state index contributed by atoms with van der Waals surface area (Å²) in [6, 6.07) is 1.91. The predicted octanol–water partition coefficient (Wildman–Crippen LogP) is 2.04. The first-order valence-corrected chi connectivity index (χ1v) is 4.96. The summed E-state index contributed by atoms with van der Waals surface area (Å²) in [5.74, 6) is 0.824. The average Bonchev–Trinajstić information content (AvgIpc) is 2.50. The van der Waals surface area contributed by atoms with Crippen LogP contribution in [-0.4, -0.2) is 19.5 Å². The summed E-state index contributed by atoms with van der Waals surface area (Å²) in [6.45, 7) is 3.87. The van der Waals surface area contributed by atoms with E-state index in [1.54, 1.807) is 6.33 Å². The van der Waals surface area contributed by atoms with Gasteiger partial charge < -0.3 is 0 Å². The van der Waals surface area contributed by atoms with E-state index in [4.69, 9.17) is 0 Å². The van der Waals surface area contributed by atoms with Crippen molar-refractivity contribution in [1.29, 1.82) is 0 Å². The zero-order valence-electron chi connectivity index (χ0n) is 7.90. The Labute approximate surface area is 90.2 Å². The first kappa shape index (κ1) is 9.33. The van der Waals surface area contributed by atoms with Crippen LogP contribution < -0.4 is 0 Å². The van der Waals surface area contributed by atoms with E-state index in [1.165, 1.54) is 0 Å². The van der Waals surface area contributed by atoms with Crippen molar-refractivity contribution in [2.45, 2.75) is 13.8 Å². The Morgan fingerprint density at radius 2 is 2.00 bits per heavy atom. The molecule has 0 amide bonds. The molecule has 72 valence electrons. The van der Waals surface area contributed by atoms with Gasteiger partial charge in [-0.05, 0) is 29.8 Å². The number of hydrogen-bond acceptors (Lipinski definition) is 3. The minimum atomic E-state index is 0.596. The van der Waals surface area contributed by atoms with Crippen LogP contribution >= 0.6 is 15.9 Å². The van der Waals surface area contributed by atoms with Crippen molar-refractivity contribution in [1.82, 2.24) is 19.5 Å². The minimum Gasteiger partial charge on any atom is -0.290 e. The van der Waals surface area contributed by atoms with Gasteiger partial charge in [0.1, 0.15) is 12.1 Å². The summed E-state index contributed by atoms with van der Waals surface area (Å²) >= 11 is 3.26. The van der Waals surface area contributed by atoms with E-state index in [1.807, 2.05) is 30.7 Å². The van der Waals surface area contributed by atoms with E-state index in [-0.39, 0.29) is 0 Å². The molecule has 0 saturated carbocycles. The minimum absolute atomic E-state index is 0.596. The molecule has 0 N–H and O–H groups in total. The third-order valence-corrected chi connectivity index (χ3v) is 2.14. The van der Waals surface area contributed by atoms with Gasteiger partial charge >= 0.3 is 0 Å². The SMILES string of the molecule is Cc1cn(-c2cc(C)nc(Br)n2)cn1. The molecule has 0 bridgehead atoms. The summed E-state index contributed by atoms with van der Waals surface area (Å²) < 4.78 is 2.47. The number of hydrogen-bond donors (Lipinski definition) is 0. The van der Waals surface area contributed by atoms with Crippen LogP contribution in [0.3, 0.4) is 0 Å². The fraction of sp³-hybridized carbons (Fsp3) is 0.222. The van der Waals surface area contributed by atoms with E-state index in [0.29, 0.717) is 4.73 Å². The molecule has 0 spiro atoms. The second-order valence-electron chi connectivity index (χ2n) is 3.06. The first-order chi connectivity index (χ1) is 6.65. The zero-order valence-corrected chi connectivity index (χ0v) is 9.48. The van der Waals surface area contributed by atoms with Gasteiger partial charge in [0, 0.05) is 18.0 Å². The molecule has 2 heterocycles. The number of aryl methyl sites for hydroxylation is 2. The second-order valence-corrected chi connectivity index (χ2v) is 3.77. The van der Waals surface area contributed by atoms with Crippen molar-refractivity contribution in [3.63, 3.8) is 0 Å². The van der Waals surface area contributed by atoms with Gasteiger partial charge in [0.25, 0.3) is 0 Å². The number of nitrogens with zero attached hydrogens (tertiary/aromatic N) is 4. The molecule has 0 saturated heterocycles. The van der Waals surface area contributed by atoms with Crippen molar-refractivity contribution in [2.24, 2.45) is 0 Å². The Balaban J connectivity index is 2.51. The molecule has 2 aromatic heterocycles. The third kappa shape index (κ3) is 1.82. The highest BCUT2D eigenvalue weighted by Gasteiger charge is 2.02. The lowest BCUT2D eigenvalue weighted by molar-refractivity contribution is 0.936. The quantitative estimate of drug-likeness (QED) is 0.730. The fourth-order valence-electron chi connectivity index (χ4n) is 1.20. The third-order valence-electron chi connectivity index (χ3n) is 1.79. The number of aromatic nitrogens is 4. The molecule has 4 nitrogen and oxygen atoms in total. The van der Waals surface area contributed by atoms with Gasteiger partial charge in [0.15, 0.2) is 4.73 Å². The van der Waals surface area contributed by atoms with Gasteiger partial charge in [0.2, 0.25) is 0 Å². The average molecular weight is 253 g/mol. The summed E-state index contributed by atoms with van der Waals surface area (Å²) in [7, 11) is 0. The molecule has 2 aromatic rings. The van der Waals surface area contributed by atoms with Crippen LogP contribution in [0, 0.1) is 13.8 Å². The standard InChI is InChI=1S/C9H9BrN4/c1-6-3-8(13-9(10)12-6)14-4-7(2)11-5-14/h3-5H,1-2H3. The molecule has 0 aromatic carbocycles. The largest absolute Gasteiger partial charge is 0.290 e. The van der Waals surface area contributed by atoms with Crippen molar-refractivity contribution in [3.8, 4) is 5.82 Å². The van der Waals surface area contributed by atoms with E-state index in [0.717, 1.165) is 17.2 Å². The van der Waals surface area contributed by atoms with Crippen LogP contribution in [0.15, 0.2) is 23.3 Å². The highest BCUT2D eigenvalue weighted by Crippen LogP contribution is 2.10. The molecule has 5 heteroatoms. The van der Waals surface area contributed by atoms with Crippen LogP contribution in [0.5, 0.6) is 0 Å². The van der Waals surface area contributed by atoms with Crippen molar-refractivity contribution in [3.05, 3.63) is 34.7 Å². The summed E-state index contributed by atoms with van der Waals surface area (Å²) in [4.78, 5) is 12.5. The Kier molecular flexibility index (Phi) is 2.33. The maximum atomic E-state index is 4.25. The Hall–Kier alpha value is -1.23. The maximum absolute atomic E-state index is 4.25. The Morgan fingerprint density at radius 1 is 1.21 bits per heavy atom. The van der Waals surface area contributed by atoms with Crippen molar-refractivity contribution < 1.29 is 0 Å². The summed E-state index contributed by atoms with van der Waals surface area (Å²) in [5.41, 5.74) is 1.89. The maximum Gasteiger partial charge on any atom is 0.198 e. The highest BCUT2D eigenvalue weighted by molar-refractivity contribution is 9.10. The molecule has 0 aliphatic rings. The topological polar surface area (TPSA) is 43.6 Å². The highest BCUT2D eigenvalue weighted by atomic mass is 79.9. The molecule has 0 aliphatic heterocycles. The van der Waals surface area contributed by atoms with Crippen LogP contribution in [0.1, 0.15) is 11.4 Å². The lowest BCUT2D eigenvalue weighted by Gasteiger charge is -2.01. The van der Waals surface area contributed by atoms with Gasteiger partial charge in [-0.2, -0.15) is 0 Å². The molecule has 0 aliphatic carbocycles. The lowest BCUT2D eigenvalue weighted by Crippen LogP contribution is -1.97. The monoisotopic (exact) mass is 252 g/mol. The van der Waals surface area contributed by atoms with Crippen LogP contribution in [0.25, 0.3) is 5.82 Å². The molecular weight excluding hydrogens is 244 g/mol. The Bertz CT molecular complexity index is 443. The molecule has 2 rings (SSSR count). The predicted molar refractivity (Wildman–Crippen MR) is 56.3 cm³/mol. The summed E-state index contributed by atoms with van der Waals surface area (Å²) in [5, 5.41) is 0. The number of halogens is 1. The molecule has 0 atom stereocenters. The molecule has 0 unspecified atom stereocenters. The summed E-state index contributed by atoms with van der Waals surface area (Å²) in [6.07, 6.45) is 3.66. The van der Waals surface area contributed by atoms with E-state index < -0.39 is 0 Å². The second kappa shape index (κ2) is 3.49. The van der Waals surface area contributed by atoms with Gasteiger partial charge in [-0.15, -0.1) is 0 Å². The van der Waals surface area contributed by atoms with Crippen LogP contribution in [-0.2, 0) is 0 Å². The van der Waals surface area contributed by atoms with Gasteiger partial charge in [0.05, 0.1) is 5.69 Å². The van der Waals surface area contributed by atoms with E-state index in [2.05, 4.69) is 30.9 Å². The smallest absolute Gasteiger partial charge is 0.198 e. The molecule has 0 fully saturated rings. The van der Waals surface area contributed by atoms with E-state index >= 15 is 0 Å². The normalized spacial score (nSPS) is 10.5. The first-order valence-electron chi connectivity index (χ1n) is 4.17. The molecule has 14 heavy (non-hydrogen) atoms.